The maximum Gasteiger partial charge on any atom is 0.340 e. The number of hydrogen-bond donors (Lipinski definition) is 0. The van der Waals surface area contributed by atoms with Gasteiger partial charge in [0.25, 0.3) is 8.32 Å². The molecule has 0 saturated carbocycles. The molecule has 0 unspecified atom stereocenters. The third-order valence-corrected chi connectivity index (χ3v) is 9.04. The van der Waals surface area contributed by atoms with E-state index < -0.39 is 14.3 Å². The number of halogens is 2. The summed E-state index contributed by atoms with van der Waals surface area (Å²) in [6.45, 7) is 10.2. The Hall–Kier alpha value is -1.14. The van der Waals surface area contributed by atoms with Gasteiger partial charge in [0, 0.05) is 22.9 Å². The van der Waals surface area contributed by atoms with E-state index in [-0.39, 0.29) is 23.7 Å². The fourth-order valence-corrected chi connectivity index (χ4v) is 2.65. The highest BCUT2D eigenvalue weighted by atomic mass is 35.5. The smallest absolute Gasteiger partial charge is 0.310 e. The van der Waals surface area contributed by atoms with Gasteiger partial charge in [-0.25, -0.2) is 9.37 Å². The van der Waals surface area contributed by atoms with Gasteiger partial charge in [-0.05, 0) is 54.4 Å². The normalized spacial score (nSPS) is 12.4. The van der Waals surface area contributed by atoms with Gasteiger partial charge in [0.15, 0.2) is 5.78 Å². The van der Waals surface area contributed by atoms with Gasteiger partial charge in [0.1, 0.15) is 0 Å². The van der Waals surface area contributed by atoms with Crippen molar-refractivity contribution in [2.75, 3.05) is 0 Å². The van der Waals surface area contributed by atoms with Crippen molar-refractivity contribution in [2.45, 2.75) is 58.2 Å². The van der Waals surface area contributed by atoms with Crippen LogP contribution in [0, 0.1) is 0 Å². The summed E-state index contributed by atoms with van der Waals surface area (Å²) in [5.74, 6) is -0.540. The van der Waals surface area contributed by atoms with Gasteiger partial charge in [-0.2, -0.15) is 0 Å². The molecule has 26 heavy (non-hydrogen) atoms. The quantitative estimate of drug-likeness (QED) is 0.218. The van der Waals surface area contributed by atoms with E-state index in [0.717, 1.165) is 0 Å². The Labute approximate surface area is 166 Å². The SMILES string of the molecule is CC(C)(C)[Si](C)(C)OOC(=O)CCCC(=O)C=Cc1ccc(Cl)cc1Cl. The molecule has 0 spiro atoms. The van der Waals surface area contributed by atoms with Crippen LogP contribution in [0.5, 0.6) is 0 Å². The fraction of sp³-hybridized carbons (Fsp3) is 0.474. The Morgan fingerprint density at radius 2 is 1.81 bits per heavy atom. The molecular formula is C19H26Cl2O4Si. The molecule has 0 N–H and O–H groups in total. The molecule has 4 nitrogen and oxygen atoms in total. The molecule has 0 radical (unpaired) electrons. The Morgan fingerprint density at radius 1 is 1.15 bits per heavy atom. The van der Waals surface area contributed by atoms with E-state index in [0.29, 0.717) is 22.0 Å². The summed E-state index contributed by atoms with van der Waals surface area (Å²) in [6.07, 6.45) is 3.87. The van der Waals surface area contributed by atoms with Gasteiger partial charge >= 0.3 is 5.97 Å². The van der Waals surface area contributed by atoms with Crippen LogP contribution in [0.3, 0.4) is 0 Å². The molecule has 1 aromatic rings. The van der Waals surface area contributed by atoms with E-state index in [2.05, 4.69) is 20.8 Å². The minimum atomic E-state index is -2.13. The number of hydrogen-bond acceptors (Lipinski definition) is 4. The summed E-state index contributed by atoms with van der Waals surface area (Å²) in [7, 11) is -2.13. The zero-order valence-electron chi connectivity index (χ0n) is 15.9. The Balaban J connectivity index is 2.37. The lowest BCUT2D eigenvalue weighted by atomic mass is 10.1. The number of benzene rings is 1. The van der Waals surface area contributed by atoms with Gasteiger partial charge < -0.3 is 4.89 Å². The van der Waals surface area contributed by atoms with Crippen LogP contribution in [-0.2, 0) is 19.1 Å². The molecule has 0 aliphatic heterocycles. The van der Waals surface area contributed by atoms with Crippen molar-refractivity contribution < 1.29 is 19.1 Å². The van der Waals surface area contributed by atoms with Crippen molar-refractivity contribution in [3.63, 3.8) is 0 Å². The lowest BCUT2D eigenvalue weighted by Crippen LogP contribution is -2.41. The number of ketones is 1. The van der Waals surface area contributed by atoms with Crippen molar-refractivity contribution in [3.05, 3.63) is 39.9 Å². The molecule has 0 amide bonds. The summed E-state index contributed by atoms with van der Waals surface area (Å²) in [6, 6.07) is 5.06. The molecule has 144 valence electrons. The van der Waals surface area contributed by atoms with E-state index in [1.807, 2.05) is 13.1 Å². The first-order valence-electron chi connectivity index (χ1n) is 8.47. The van der Waals surface area contributed by atoms with E-state index in [4.69, 9.17) is 32.7 Å². The highest BCUT2D eigenvalue weighted by Crippen LogP contribution is 2.36. The lowest BCUT2D eigenvalue weighted by molar-refractivity contribution is -0.221. The van der Waals surface area contributed by atoms with Crippen molar-refractivity contribution in [3.8, 4) is 0 Å². The zero-order chi connectivity index (χ0) is 20.0. The van der Waals surface area contributed by atoms with Crippen LogP contribution in [0.2, 0.25) is 28.2 Å². The van der Waals surface area contributed by atoms with Gasteiger partial charge in [-0.3, -0.25) is 4.79 Å². The molecule has 0 bridgehead atoms. The Bertz CT molecular complexity index is 679. The number of allylic oxidation sites excluding steroid dienone is 1. The monoisotopic (exact) mass is 416 g/mol. The third kappa shape index (κ3) is 7.62. The molecule has 0 fully saturated rings. The van der Waals surface area contributed by atoms with Crippen molar-refractivity contribution in [1.82, 2.24) is 0 Å². The maximum atomic E-state index is 11.9. The van der Waals surface area contributed by atoms with Crippen LogP contribution >= 0.6 is 23.2 Å². The largest absolute Gasteiger partial charge is 0.340 e. The first-order valence-corrected chi connectivity index (χ1v) is 12.1. The summed E-state index contributed by atoms with van der Waals surface area (Å²) in [4.78, 5) is 28.6. The molecule has 1 rings (SSSR count). The van der Waals surface area contributed by atoms with E-state index in [1.54, 1.807) is 24.3 Å². The lowest BCUT2D eigenvalue weighted by Gasteiger charge is -2.33. The van der Waals surface area contributed by atoms with Gasteiger partial charge in [0.2, 0.25) is 0 Å². The fourth-order valence-electron chi connectivity index (χ4n) is 1.63. The van der Waals surface area contributed by atoms with Crippen molar-refractivity contribution >= 4 is 49.3 Å². The minimum absolute atomic E-state index is 0.0447. The van der Waals surface area contributed by atoms with Crippen LogP contribution in [0.1, 0.15) is 45.6 Å². The second-order valence-electron chi connectivity index (χ2n) is 7.62. The van der Waals surface area contributed by atoms with Crippen LogP contribution in [0.25, 0.3) is 6.08 Å². The Morgan fingerprint density at radius 3 is 2.38 bits per heavy atom. The third-order valence-electron chi connectivity index (χ3n) is 4.36. The second kappa shape index (κ2) is 9.69. The average Bonchev–Trinajstić information content (AvgIpc) is 2.51. The first kappa shape index (κ1) is 22.9. The molecule has 0 aromatic heterocycles. The minimum Gasteiger partial charge on any atom is -0.310 e. The molecule has 0 heterocycles. The van der Waals surface area contributed by atoms with Crippen molar-refractivity contribution in [2.24, 2.45) is 0 Å². The summed E-state index contributed by atoms with van der Waals surface area (Å²) in [5, 5.41) is 0.974. The molecule has 0 aliphatic carbocycles. The van der Waals surface area contributed by atoms with Crippen molar-refractivity contribution in [1.29, 1.82) is 0 Å². The zero-order valence-corrected chi connectivity index (χ0v) is 18.4. The molecule has 0 atom stereocenters. The maximum absolute atomic E-state index is 11.9. The van der Waals surface area contributed by atoms with E-state index >= 15 is 0 Å². The Kier molecular flexibility index (Phi) is 8.54. The van der Waals surface area contributed by atoms with Crippen LogP contribution in [0.4, 0.5) is 0 Å². The molecule has 1 aromatic carbocycles. The average molecular weight is 417 g/mol. The van der Waals surface area contributed by atoms with E-state index in [1.165, 1.54) is 6.08 Å². The van der Waals surface area contributed by atoms with Gasteiger partial charge in [-0.15, -0.1) is 0 Å². The summed E-state index contributed by atoms with van der Waals surface area (Å²) in [5.41, 5.74) is 0.714. The summed E-state index contributed by atoms with van der Waals surface area (Å²) >= 11 is 11.9. The van der Waals surface area contributed by atoms with Gasteiger partial charge in [-0.1, -0.05) is 50.0 Å². The second-order valence-corrected chi connectivity index (χ2v) is 13.1. The standard InChI is InChI=1S/C19H26Cl2O4Si/c1-19(2,3)26(4,5)25-24-18(23)8-6-7-16(22)12-10-14-9-11-15(20)13-17(14)21/h9-13H,6-8H2,1-5H3. The number of carbonyl (C=O) groups excluding carboxylic acids is 2. The predicted octanol–water partition coefficient (Wildman–Crippen LogP) is 6.23. The van der Waals surface area contributed by atoms with Crippen LogP contribution in [-0.4, -0.2) is 20.1 Å². The van der Waals surface area contributed by atoms with Crippen LogP contribution in [0.15, 0.2) is 24.3 Å². The topological polar surface area (TPSA) is 52.6 Å². The summed E-state index contributed by atoms with van der Waals surface area (Å²) < 4.78 is 5.41. The van der Waals surface area contributed by atoms with Crippen LogP contribution < -0.4 is 0 Å². The first-order chi connectivity index (χ1) is 11.9. The molecule has 0 saturated heterocycles. The molecule has 7 heteroatoms. The number of rotatable bonds is 8. The van der Waals surface area contributed by atoms with E-state index in [9.17, 15) is 9.59 Å². The number of carbonyl (C=O) groups is 2. The highest BCUT2D eigenvalue weighted by molar-refractivity contribution is 6.73. The molecule has 0 aliphatic rings. The molecular weight excluding hydrogens is 391 g/mol. The predicted molar refractivity (Wildman–Crippen MR) is 109 cm³/mol. The van der Waals surface area contributed by atoms with Gasteiger partial charge in [0.05, 0.1) is 0 Å². The highest BCUT2D eigenvalue weighted by Gasteiger charge is 2.40.